The lowest BCUT2D eigenvalue weighted by atomic mass is 9.79. The van der Waals surface area contributed by atoms with Crippen molar-refractivity contribution in [3.8, 4) is 5.75 Å². The number of rotatable bonds is 16. The molecule has 3 rings (SSSR count). The normalized spacial score (nSPS) is 19.6. The summed E-state index contributed by atoms with van der Waals surface area (Å²) >= 11 is 0. The number of hydrogen-bond donors (Lipinski definition) is 3. The van der Waals surface area contributed by atoms with Gasteiger partial charge in [0.05, 0.1) is 33.5 Å². The smallest absolute Gasteiger partial charge is 0.286 e. The van der Waals surface area contributed by atoms with Crippen molar-refractivity contribution in [2.75, 3.05) is 53.3 Å². The molecule has 1 amide bonds. The highest BCUT2D eigenvalue weighted by Crippen LogP contribution is 2.36. The van der Waals surface area contributed by atoms with Crippen molar-refractivity contribution in [3.63, 3.8) is 0 Å². The fourth-order valence-corrected chi connectivity index (χ4v) is 4.69. The van der Waals surface area contributed by atoms with Gasteiger partial charge in [0.25, 0.3) is 5.91 Å². The number of aliphatic hydroxyl groups is 1. The van der Waals surface area contributed by atoms with E-state index >= 15 is 0 Å². The molecule has 1 aliphatic heterocycles. The minimum absolute atomic E-state index is 0.00597. The molecule has 3 atom stereocenters. The van der Waals surface area contributed by atoms with Gasteiger partial charge >= 0.3 is 0 Å². The fraction of sp³-hybridized carbons (Fsp3) is 0.607. The first-order valence-electron chi connectivity index (χ1n) is 13.2. The summed E-state index contributed by atoms with van der Waals surface area (Å²) in [6, 6.07) is 5.91. The van der Waals surface area contributed by atoms with Gasteiger partial charge in [-0.2, -0.15) is 0 Å². The van der Waals surface area contributed by atoms with Crippen LogP contribution in [0.15, 0.2) is 36.2 Å². The zero-order valence-corrected chi connectivity index (χ0v) is 22.5. The van der Waals surface area contributed by atoms with E-state index in [1.165, 1.54) is 0 Å². The molecule has 3 unspecified atom stereocenters. The number of nitrogens with one attached hydrogen (secondary N) is 2. The highest BCUT2D eigenvalue weighted by Gasteiger charge is 2.38. The van der Waals surface area contributed by atoms with Gasteiger partial charge in [-0.3, -0.25) is 4.79 Å². The van der Waals surface area contributed by atoms with E-state index < -0.39 is 6.29 Å². The SMILES string of the molecule is CCOC1OC(C(=O)NCCc2c[nH]c3ccc(OC)cc23)=CC(C(C)C)C1CCOCCOCCO. The van der Waals surface area contributed by atoms with Crippen molar-refractivity contribution in [3.05, 3.63) is 41.8 Å². The molecule has 1 aromatic carbocycles. The molecule has 2 aromatic rings. The Kier molecular flexibility index (Phi) is 11.7. The molecule has 0 saturated heterocycles. The summed E-state index contributed by atoms with van der Waals surface area (Å²) in [4.78, 5) is 16.3. The Morgan fingerprint density at radius 3 is 2.68 bits per heavy atom. The first-order chi connectivity index (χ1) is 18.0. The molecule has 206 valence electrons. The van der Waals surface area contributed by atoms with E-state index in [1.54, 1.807) is 7.11 Å². The van der Waals surface area contributed by atoms with Gasteiger partial charge in [-0.15, -0.1) is 0 Å². The molecule has 9 heteroatoms. The predicted octanol–water partition coefficient (Wildman–Crippen LogP) is 3.42. The Bertz CT molecular complexity index is 1000. The molecular weight excluding hydrogens is 476 g/mol. The molecule has 0 fully saturated rings. The molecule has 0 aliphatic carbocycles. The molecule has 0 spiro atoms. The summed E-state index contributed by atoms with van der Waals surface area (Å²) < 4.78 is 28.3. The van der Waals surface area contributed by atoms with Crippen LogP contribution in [0.1, 0.15) is 32.8 Å². The summed E-state index contributed by atoms with van der Waals surface area (Å²) in [6.45, 7) is 8.94. The Morgan fingerprint density at radius 2 is 1.97 bits per heavy atom. The van der Waals surface area contributed by atoms with Gasteiger partial charge in [0.1, 0.15) is 5.75 Å². The quantitative estimate of drug-likeness (QED) is 0.292. The van der Waals surface area contributed by atoms with Crippen LogP contribution in [0.3, 0.4) is 0 Å². The second-order valence-electron chi connectivity index (χ2n) is 9.43. The monoisotopic (exact) mass is 518 g/mol. The zero-order chi connectivity index (χ0) is 26.6. The van der Waals surface area contributed by atoms with Crippen LogP contribution in [0.2, 0.25) is 0 Å². The Morgan fingerprint density at radius 1 is 1.19 bits per heavy atom. The molecular formula is C28H42N2O7. The van der Waals surface area contributed by atoms with Crippen molar-refractivity contribution >= 4 is 16.8 Å². The summed E-state index contributed by atoms with van der Waals surface area (Å²) in [5.74, 6) is 1.36. The lowest BCUT2D eigenvalue weighted by molar-refractivity contribution is -0.177. The highest BCUT2D eigenvalue weighted by molar-refractivity contribution is 5.91. The molecule has 1 aromatic heterocycles. The largest absolute Gasteiger partial charge is 0.497 e. The number of amides is 1. The number of carbonyl (C=O) groups is 1. The van der Waals surface area contributed by atoms with Gasteiger partial charge in [-0.1, -0.05) is 13.8 Å². The maximum absolute atomic E-state index is 13.1. The second-order valence-corrected chi connectivity index (χ2v) is 9.43. The van der Waals surface area contributed by atoms with Gasteiger partial charge in [-0.05, 0) is 61.4 Å². The fourth-order valence-electron chi connectivity index (χ4n) is 4.69. The van der Waals surface area contributed by atoms with E-state index in [2.05, 4.69) is 24.1 Å². The van der Waals surface area contributed by atoms with E-state index in [4.69, 9.17) is 28.8 Å². The number of aromatic nitrogens is 1. The van der Waals surface area contributed by atoms with Crippen LogP contribution in [0.25, 0.3) is 10.9 Å². The van der Waals surface area contributed by atoms with Crippen LogP contribution in [0.4, 0.5) is 0 Å². The van der Waals surface area contributed by atoms with Gasteiger partial charge in [0, 0.05) is 42.8 Å². The Hall–Kier alpha value is -2.59. The molecule has 1 aliphatic rings. The summed E-state index contributed by atoms with van der Waals surface area (Å²) in [5.41, 5.74) is 2.15. The summed E-state index contributed by atoms with van der Waals surface area (Å²) in [6.07, 6.45) is 4.82. The number of allylic oxidation sites excluding steroid dienone is 1. The summed E-state index contributed by atoms with van der Waals surface area (Å²) in [7, 11) is 1.65. The van der Waals surface area contributed by atoms with E-state index in [0.29, 0.717) is 57.7 Å². The zero-order valence-electron chi connectivity index (χ0n) is 22.5. The standard InChI is InChI=1S/C28H42N2O7/c1-5-36-28-22(9-12-34-14-15-35-13-11-31)23(19(2)3)17-26(37-28)27(32)29-10-8-20-18-30-25-7-6-21(33-4)16-24(20)25/h6-7,16-19,22-23,28,30-31H,5,8-15H2,1-4H3,(H,29,32). The number of carbonyl (C=O) groups excluding carboxylic acids is 1. The maximum Gasteiger partial charge on any atom is 0.286 e. The average molecular weight is 519 g/mol. The van der Waals surface area contributed by atoms with Crippen molar-refractivity contribution in [2.45, 2.75) is 39.9 Å². The number of methoxy groups -OCH3 is 1. The number of H-pyrrole nitrogens is 1. The van der Waals surface area contributed by atoms with Crippen LogP contribution >= 0.6 is 0 Å². The van der Waals surface area contributed by atoms with Crippen LogP contribution in [0.5, 0.6) is 5.75 Å². The van der Waals surface area contributed by atoms with Crippen LogP contribution in [-0.4, -0.2) is 75.6 Å². The Labute approximate surface area is 219 Å². The average Bonchev–Trinajstić information content (AvgIpc) is 3.30. The third-order valence-electron chi connectivity index (χ3n) is 6.61. The van der Waals surface area contributed by atoms with Gasteiger partial charge in [-0.25, -0.2) is 0 Å². The van der Waals surface area contributed by atoms with E-state index in [-0.39, 0.29) is 24.3 Å². The molecule has 0 radical (unpaired) electrons. The predicted molar refractivity (Wildman–Crippen MR) is 141 cm³/mol. The highest BCUT2D eigenvalue weighted by atomic mass is 16.7. The molecule has 0 saturated carbocycles. The number of hydrogen-bond acceptors (Lipinski definition) is 7. The third-order valence-corrected chi connectivity index (χ3v) is 6.61. The van der Waals surface area contributed by atoms with Crippen molar-refractivity contribution in [1.82, 2.24) is 10.3 Å². The van der Waals surface area contributed by atoms with Crippen LogP contribution in [0, 0.1) is 17.8 Å². The van der Waals surface area contributed by atoms with E-state index in [9.17, 15) is 4.79 Å². The minimum atomic E-state index is -0.515. The van der Waals surface area contributed by atoms with Gasteiger partial charge < -0.3 is 39.1 Å². The van der Waals surface area contributed by atoms with Gasteiger partial charge in [0.2, 0.25) is 6.29 Å². The minimum Gasteiger partial charge on any atom is -0.497 e. The van der Waals surface area contributed by atoms with Crippen molar-refractivity contribution in [2.24, 2.45) is 17.8 Å². The Balaban J connectivity index is 1.58. The lowest BCUT2D eigenvalue weighted by Gasteiger charge is -2.38. The molecule has 9 nitrogen and oxygen atoms in total. The lowest BCUT2D eigenvalue weighted by Crippen LogP contribution is -2.41. The molecule has 3 N–H and O–H groups in total. The second kappa shape index (κ2) is 15.0. The molecule has 37 heavy (non-hydrogen) atoms. The number of aliphatic hydroxyl groups excluding tert-OH is 1. The molecule has 0 bridgehead atoms. The maximum atomic E-state index is 13.1. The van der Waals surface area contributed by atoms with E-state index in [1.807, 2.05) is 37.4 Å². The first-order valence-corrected chi connectivity index (χ1v) is 13.2. The van der Waals surface area contributed by atoms with Gasteiger partial charge in [0.15, 0.2) is 5.76 Å². The van der Waals surface area contributed by atoms with Crippen LogP contribution in [-0.2, 0) is 30.2 Å². The number of fused-ring (bicyclic) bond motifs is 1. The van der Waals surface area contributed by atoms with E-state index in [0.717, 1.165) is 28.6 Å². The van der Waals surface area contributed by atoms with Crippen molar-refractivity contribution in [1.29, 1.82) is 0 Å². The number of benzene rings is 1. The van der Waals surface area contributed by atoms with Crippen molar-refractivity contribution < 1.29 is 33.6 Å². The molecule has 2 heterocycles. The number of ether oxygens (including phenoxy) is 5. The van der Waals surface area contributed by atoms with Crippen LogP contribution < -0.4 is 10.1 Å². The number of aromatic amines is 1. The third kappa shape index (κ3) is 8.20. The first kappa shape index (κ1) is 29.0. The topological polar surface area (TPSA) is 111 Å². The summed E-state index contributed by atoms with van der Waals surface area (Å²) in [5, 5.41) is 12.9.